The van der Waals surface area contributed by atoms with Crippen molar-refractivity contribution in [3.8, 4) is 0 Å². The van der Waals surface area contributed by atoms with Gasteiger partial charge in [-0.3, -0.25) is 4.99 Å². The van der Waals surface area contributed by atoms with Crippen molar-refractivity contribution in [1.82, 2.24) is 10.2 Å². The van der Waals surface area contributed by atoms with Gasteiger partial charge in [0.1, 0.15) is 0 Å². The fraction of sp³-hybridized carbons (Fsp3) is 0.650. The molecule has 0 aromatic heterocycles. The van der Waals surface area contributed by atoms with Gasteiger partial charge in [0, 0.05) is 57.0 Å². The molecule has 0 radical (unpaired) electrons. The number of halogens is 1. The molecule has 1 aliphatic heterocycles. The standard InChI is InChI=1S/C20H31BrN4O/c1-22-20(24(2)10-11-26-15-16-6-7-16)23-13-17-8-9-25(14-17)19-5-3-4-18(21)12-19/h3-5,12,16-17H,6-11,13-15H2,1-2H3,(H,22,23). The van der Waals surface area contributed by atoms with Crippen LogP contribution < -0.4 is 10.2 Å². The fourth-order valence-corrected chi connectivity index (χ4v) is 3.76. The van der Waals surface area contributed by atoms with Crippen molar-refractivity contribution in [2.75, 3.05) is 58.4 Å². The summed E-state index contributed by atoms with van der Waals surface area (Å²) in [4.78, 5) is 9.05. The molecule has 2 aliphatic rings. The van der Waals surface area contributed by atoms with Crippen LogP contribution in [0, 0.1) is 11.8 Å². The number of likely N-dealkylation sites (N-methyl/N-ethyl adjacent to an activating group) is 1. The Morgan fingerprint density at radius 1 is 1.35 bits per heavy atom. The van der Waals surface area contributed by atoms with Gasteiger partial charge in [0.15, 0.2) is 5.96 Å². The lowest BCUT2D eigenvalue weighted by Crippen LogP contribution is -2.42. The molecule has 1 N–H and O–H groups in total. The van der Waals surface area contributed by atoms with Crippen LogP contribution >= 0.6 is 15.9 Å². The number of anilines is 1. The van der Waals surface area contributed by atoms with E-state index in [1.54, 1.807) is 0 Å². The zero-order chi connectivity index (χ0) is 18.4. The molecule has 5 nitrogen and oxygen atoms in total. The van der Waals surface area contributed by atoms with Crippen LogP contribution in [-0.2, 0) is 4.74 Å². The largest absolute Gasteiger partial charge is 0.379 e. The Morgan fingerprint density at radius 3 is 2.92 bits per heavy atom. The number of rotatable bonds is 8. The molecule has 1 atom stereocenters. The molecule has 144 valence electrons. The van der Waals surface area contributed by atoms with E-state index in [9.17, 15) is 0 Å². The number of ether oxygens (including phenoxy) is 1. The van der Waals surface area contributed by atoms with Gasteiger partial charge >= 0.3 is 0 Å². The highest BCUT2D eigenvalue weighted by atomic mass is 79.9. The molecule has 6 heteroatoms. The highest BCUT2D eigenvalue weighted by Gasteiger charge is 2.23. The third-order valence-corrected chi connectivity index (χ3v) is 5.70. The summed E-state index contributed by atoms with van der Waals surface area (Å²) in [6.45, 7) is 5.74. The normalized spacial score (nSPS) is 20.5. The van der Waals surface area contributed by atoms with Crippen LogP contribution in [0.4, 0.5) is 5.69 Å². The predicted octanol–water partition coefficient (Wildman–Crippen LogP) is 3.21. The zero-order valence-electron chi connectivity index (χ0n) is 16.0. The number of guanidine groups is 1. The third kappa shape index (κ3) is 5.88. The molecule has 0 spiro atoms. The van der Waals surface area contributed by atoms with Crippen LogP contribution in [0.15, 0.2) is 33.7 Å². The maximum Gasteiger partial charge on any atom is 0.193 e. The Kier molecular flexibility index (Phi) is 7.20. The van der Waals surface area contributed by atoms with E-state index in [2.05, 4.69) is 67.4 Å². The molecule has 1 aromatic carbocycles. The molecule has 1 unspecified atom stereocenters. The van der Waals surface area contributed by atoms with Gasteiger partial charge in [-0.2, -0.15) is 0 Å². The number of benzene rings is 1. The lowest BCUT2D eigenvalue weighted by atomic mass is 10.1. The molecule has 3 rings (SSSR count). The van der Waals surface area contributed by atoms with Crippen LogP contribution in [0.5, 0.6) is 0 Å². The van der Waals surface area contributed by atoms with Crippen LogP contribution in [-0.4, -0.2) is 64.3 Å². The van der Waals surface area contributed by atoms with Gasteiger partial charge in [-0.15, -0.1) is 0 Å². The van der Waals surface area contributed by atoms with Crippen LogP contribution in [0.1, 0.15) is 19.3 Å². The zero-order valence-corrected chi connectivity index (χ0v) is 17.5. The number of hydrogen-bond donors (Lipinski definition) is 1. The van der Waals surface area contributed by atoms with E-state index in [-0.39, 0.29) is 0 Å². The molecule has 1 saturated heterocycles. The van der Waals surface area contributed by atoms with Crippen molar-refractivity contribution in [3.63, 3.8) is 0 Å². The van der Waals surface area contributed by atoms with E-state index >= 15 is 0 Å². The minimum atomic E-state index is 0.644. The summed E-state index contributed by atoms with van der Waals surface area (Å²) < 4.78 is 6.88. The molecule has 1 heterocycles. The van der Waals surface area contributed by atoms with Gasteiger partial charge in [-0.1, -0.05) is 22.0 Å². The highest BCUT2D eigenvalue weighted by molar-refractivity contribution is 9.10. The maximum atomic E-state index is 5.74. The first-order valence-corrected chi connectivity index (χ1v) is 10.4. The van der Waals surface area contributed by atoms with Crippen LogP contribution in [0.2, 0.25) is 0 Å². The lowest BCUT2D eigenvalue weighted by molar-refractivity contribution is 0.115. The minimum absolute atomic E-state index is 0.644. The first-order chi connectivity index (χ1) is 12.7. The molecular formula is C20H31BrN4O. The summed E-state index contributed by atoms with van der Waals surface area (Å²) in [6.07, 6.45) is 3.90. The van der Waals surface area contributed by atoms with Gasteiger partial charge in [0.2, 0.25) is 0 Å². The van der Waals surface area contributed by atoms with Crippen molar-refractivity contribution in [3.05, 3.63) is 28.7 Å². The number of nitrogens with one attached hydrogen (secondary N) is 1. The first kappa shape index (κ1) is 19.5. The Balaban J connectivity index is 1.38. The van der Waals surface area contributed by atoms with Crippen molar-refractivity contribution >= 4 is 27.6 Å². The van der Waals surface area contributed by atoms with Crippen LogP contribution in [0.25, 0.3) is 0 Å². The second-order valence-corrected chi connectivity index (χ2v) is 8.36. The topological polar surface area (TPSA) is 40.1 Å². The average Bonchev–Trinajstić information content (AvgIpc) is 3.34. The summed E-state index contributed by atoms with van der Waals surface area (Å²) >= 11 is 3.57. The number of hydrogen-bond acceptors (Lipinski definition) is 3. The Labute approximate surface area is 165 Å². The van der Waals surface area contributed by atoms with E-state index in [1.807, 2.05) is 7.05 Å². The lowest BCUT2D eigenvalue weighted by Gasteiger charge is -2.24. The highest BCUT2D eigenvalue weighted by Crippen LogP contribution is 2.28. The molecule has 26 heavy (non-hydrogen) atoms. The van der Waals surface area contributed by atoms with Crippen LogP contribution in [0.3, 0.4) is 0 Å². The second kappa shape index (κ2) is 9.60. The fourth-order valence-electron chi connectivity index (χ4n) is 3.37. The van der Waals surface area contributed by atoms with Crippen molar-refractivity contribution in [1.29, 1.82) is 0 Å². The molecule has 1 aromatic rings. The summed E-state index contributed by atoms with van der Waals surface area (Å²) in [7, 11) is 3.94. The molecule has 1 aliphatic carbocycles. The maximum absolute atomic E-state index is 5.74. The van der Waals surface area contributed by atoms with E-state index in [0.717, 1.165) is 55.7 Å². The van der Waals surface area contributed by atoms with Crippen molar-refractivity contribution < 1.29 is 4.74 Å². The Hall–Kier alpha value is -1.27. The van der Waals surface area contributed by atoms with Gasteiger partial charge in [-0.25, -0.2) is 0 Å². The van der Waals surface area contributed by atoms with Gasteiger partial charge in [0.25, 0.3) is 0 Å². The summed E-state index contributed by atoms with van der Waals surface area (Å²) in [5.74, 6) is 2.43. The van der Waals surface area contributed by atoms with Gasteiger partial charge in [-0.05, 0) is 49.3 Å². The third-order valence-electron chi connectivity index (χ3n) is 5.20. The van der Waals surface area contributed by atoms with E-state index in [1.165, 1.54) is 24.9 Å². The summed E-state index contributed by atoms with van der Waals surface area (Å²) in [5, 5.41) is 3.54. The SMILES string of the molecule is CN=C(NCC1CCN(c2cccc(Br)c2)C1)N(C)CCOCC1CC1. The summed E-state index contributed by atoms with van der Waals surface area (Å²) in [6, 6.07) is 8.57. The second-order valence-electron chi connectivity index (χ2n) is 7.45. The quantitative estimate of drug-likeness (QED) is 0.396. The molecular weight excluding hydrogens is 392 g/mol. The number of nitrogens with zero attached hydrogens (tertiary/aromatic N) is 3. The molecule has 2 fully saturated rings. The monoisotopic (exact) mass is 422 g/mol. The Bertz CT molecular complexity index is 605. The molecule has 0 bridgehead atoms. The summed E-state index contributed by atoms with van der Waals surface area (Å²) in [5.41, 5.74) is 1.30. The first-order valence-electron chi connectivity index (χ1n) is 9.65. The predicted molar refractivity (Wildman–Crippen MR) is 112 cm³/mol. The Morgan fingerprint density at radius 2 is 2.19 bits per heavy atom. The van der Waals surface area contributed by atoms with Crippen molar-refractivity contribution in [2.45, 2.75) is 19.3 Å². The minimum Gasteiger partial charge on any atom is -0.379 e. The van der Waals surface area contributed by atoms with Gasteiger partial charge < -0.3 is 19.9 Å². The molecule has 1 saturated carbocycles. The van der Waals surface area contributed by atoms with Crippen molar-refractivity contribution in [2.24, 2.45) is 16.8 Å². The van der Waals surface area contributed by atoms with E-state index < -0.39 is 0 Å². The molecule has 0 amide bonds. The number of aliphatic imine (C=N–C) groups is 1. The van der Waals surface area contributed by atoms with E-state index in [0.29, 0.717) is 5.92 Å². The van der Waals surface area contributed by atoms with Gasteiger partial charge in [0.05, 0.1) is 6.61 Å². The smallest absolute Gasteiger partial charge is 0.193 e. The van der Waals surface area contributed by atoms with E-state index in [4.69, 9.17) is 4.74 Å². The average molecular weight is 423 g/mol.